The number of benzene rings is 2. The highest BCUT2D eigenvalue weighted by Crippen LogP contribution is 2.23. The van der Waals surface area contributed by atoms with Crippen LogP contribution < -0.4 is 9.64 Å². The molecule has 0 spiro atoms. The van der Waals surface area contributed by atoms with Crippen LogP contribution >= 0.6 is 0 Å². The fraction of sp³-hybridized carbons (Fsp3) is 0.200. The van der Waals surface area contributed by atoms with Gasteiger partial charge in [0.2, 0.25) is 0 Å². The number of methoxy groups -OCH3 is 1. The molecule has 166 valence electrons. The summed E-state index contributed by atoms with van der Waals surface area (Å²) in [6.45, 7) is 2.51. The maximum absolute atomic E-state index is 13.2. The summed E-state index contributed by atoms with van der Waals surface area (Å²) in [5.41, 5.74) is 2.18. The van der Waals surface area contributed by atoms with Gasteiger partial charge >= 0.3 is 0 Å². The lowest BCUT2D eigenvalue weighted by Gasteiger charge is -2.35. The number of rotatable bonds is 5. The summed E-state index contributed by atoms with van der Waals surface area (Å²) in [7, 11) is 1.56. The minimum Gasteiger partial charge on any atom is -0.493 e. The first-order chi connectivity index (χ1) is 16.2. The average Bonchev–Trinajstić information content (AvgIpc) is 3.34. The van der Waals surface area contributed by atoms with Crippen molar-refractivity contribution in [1.82, 2.24) is 24.6 Å². The summed E-state index contributed by atoms with van der Waals surface area (Å²) in [6.07, 6.45) is 3.52. The number of piperazine rings is 1. The Morgan fingerprint density at radius 3 is 2.30 bits per heavy atom. The van der Waals surface area contributed by atoms with Crippen LogP contribution in [0.25, 0.3) is 17.1 Å². The van der Waals surface area contributed by atoms with Gasteiger partial charge in [0.15, 0.2) is 17.3 Å². The molecular weight excluding hydrogens is 416 g/mol. The van der Waals surface area contributed by atoms with Crippen LogP contribution in [-0.2, 0) is 0 Å². The Hall–Kier alpha value is -4.20. The molecule has 0 bridgehead atoms. The number of carbonyl (C=O) groups is 1. The van der Waals surface area contributed by atoms with Gasteiger partial charge in [-0.25, -0.2) is 14.6 Å². The highest BCUT2D eigenvalue weighted by Gasteiger charge is 2.27. The standard InChI is InChI=1S/C25H24N6O2/c1-33-21-18-31(20-10-6-3-7-11-20)28-23(21)25(32)30-16-14-29(15-17-30)22-12-13-26-24(27-22)19-8-4-2-5-9-19/h2-13,18H,14-17H2,1H3. The topological polar surface area (TPSA) is 76.4 Å². The fourth-order valence-electron chi connectivity index (χ4n) is 3.91. The van der Waals surface area contributed by atoms with Gasteiger partial charge in [-0.1, -0.05) is 48.5 Å². The third kappa shape index (κ3) is 4.27. The molecule has 0 unspecified atom stereocenters. The fourth-order valence-corrected chi connectivity index (χ4v) is 3.91. The van der Waals surface area contributed by atoms with E-state index in [9.17, 15) is 4.79 Å². The molecule has 0 N–H and O–H groups in total. The van der Waals surface area contributed by atoms with Gasteiger partial charge in [-0.2, -0.15) is 5.10 Å². The van der Waals surface area contributed by atoms with Crippen LogP contribution in [-0.4, -0.2) is 63.8 Å². The Bertz CT molecular complexity index is 1230. The van der Waals surface area contributed by atoms with Crippen LogP contribution in [0.15, 0.2) is 79.1 Å². The molecule has 8 nitrogen and oxygen atoms in total. The number of aromatic nitrogens is 4. The molecule has 3 heterocycles. The molecule has 2 aromatic carbocycles. The van der Waals surface area contributed by atoms with E-state index in [0.717, 1.165) is 17.1 Å². The number of hydrogen-bond donors (Lipinski definition) is 0. The lowest BCUT2D eigenvalue weighted by molar-refractivity contribution is 0.0736. The van der Waals surface area contributed by atoms with Gasteiger partial charge in [-0.15, -0.1) is 0 Å². The van der Waals surface area contributed by atoms with E-state index in [-0.39, 0.29) is 5.91 Å². The SMILES string of the molecule is COc1cn(-c2ccccc2)nc1C(=O)N1CCN(c2ccnc(-c3ccccc3)n2)CC1. The number of para-hydroxylation sites is 1. The van der Waals surface area contributed by atoms with Crippen molar-refractivity contribution in [3.05, 3.63) is 84.8 Å². The van der Waals surface area contributed by atoms with Crippen LogP contribution in [0, 0.1) is 0 Å². The quantitative estimate of drug-likeness (QED) is 0.474. The predicted octanol–water partition coefficient (Wildman–Crippen LogP) is 3.30. The largest absolute Gasteiger partial charge is 0.493 e. The van der Waals surface area contributed by atoms with E-state index in [1.54, 1.807) is 24.2 Å². The molecule has 1 fully saturated rings. The lowest BCUT2D eigenvalue weighted by atomic mass is 10.2. The van der Waals surface area contributed by atoms with Gasteiger partial charge in [-0.3, -0.25) is 4.79 Å². The first kappa shape index (κ1) is 20.7. The zero-order valence-electron chi connectivity index (χ0n) is 18.3. The molecule has 1 aliphatic heterocycles. The molecule has 1 saturated heterocycles. The van der Waals surface area contributed by atoms with Crippen molar-refractivity contribution in [1.29, 1.82) is 0 Å². The Balaban J connectivity index is 1.29. The summed E-state index contributed by atoms with van der Waals surface area (Å²) in [5, 5.41) is 4.52. The monoisotopic (exact) mass is 440 g/mol. The van der Waals surface area contributed by atoms with E-state index in [1.807, 2.05) is 71.6 Å². The third-order valence-corrected chi connectivity index (χ3v) is 5.69. The number of nitrogens with zero attached hydrogens (tertiary/aromatic N) is 6. The molecule has 5 rings (SSSR count). The normalized spacial score (nSPS) is 13.7. The highest BCUT2D eigenvalue weighted by atomic mass is 16.5. The van der Waals surface area contributed by atoms with Gasteiger partial charge < -0.3 is 14.5 Å². The second-order valence-electron chi connectivity index (χ2n) is 7.71. The smallest absolute Gasteiger partial charge is 0.278 e. The van der Waals surface area contributed by atoms with Crippen LogP contribution in [0.5, 0.6) is 5.75 Å². The van der Waals surface area contributed by atoms with E-state index in [0.29, 0.717) is 43.4 Å². The van der Waals surface area contributed by atoms with Crippen molar-refractivity contribution in [2.24, 2.45) is 0 Å². The number of anilines is 1. The lowest BCUT2D eigenvalue weighted by Crippen LogP contribution is -2.49. The molecule has 0 atom stereocenters. The first-order valence-electron chi connectivity index (χ1n) is 10.8. The molecule has 0 radical (unpaired) electrons. The zero-order chi connectivity index (χ0) is 22.6. The van der Waals surface area contributed by atoms with Gasteiger partial charge in [-0.05, 0) is 18.2 Å². The highest BCUT2D eigenvalue weighted by molar-refractivity contribution is 5.95. The Kier molecular flexibility index (Phi) is 5.72. The van der Waals surface area contributed by atoms with Crippen LogP contribution in [0.2, 0.25) is 0 Å². The van der Waals surface area contributed by atoms with Crippen molar-refractivity contribution in [2.75, 3.05) is 38.2 Å². The van der Waals surface area contributed by atoms with E-state index in [4.69, 9.17) is 9.72 Å². The molecule has 33 heavy (non-hydrogen) atoms. The number of ether oxygens (including phenoxy) is 1. The molecule has 8 heteroatoms. The van der Waals surface area contributed by atoms with Gasteiger partial charge in [0.25, 0.3) is 5.91 Å². The summed E-state index contributed by atoms with van der Waals surface area (Å²) in [4.78, 5) is 26.4. The molecule has 2 aromatic heterocycles. The second kappa shape index (κ2) is 9.12. The second-order valence-corrected chi connectivity index (χ2v) is 7.71. The van der Waals surface area contributed by atoms with E-state index < -0.39 is 0 Å². The number of amides is 1. The summed E-state index contributed by atoms with van der Waals surface area (Å²) >= 11 is 0. The van der Waals surface area contributed by atoms with Crippen molar-refractivity contribution in [3.63, 3.8) is 0 Å². The predicted molar refractivity (Wildman–Crippen MR) is 126 cm³/mol. The average molecular weight is 441 g/mol. The van der Waals surface area contributed by atoms with E-state index in [1.165, 1.54) is 0 Å². The Morgan fingerprint density at radius 1 is 0.909 bits per heavy atom. The molecule has 1 amide bonds. The van der Waals surface area contributed by atoms with E-state index >= 15 is 0 Å². The molecule has 4 aromatic rings. The minimum absolute atomic E-state index is 0.131. The van der Waals surface area contributed by atoms with Crippen molar-refractivity contribution < 1.29 is 9.53 Å². The van der Waals surface area contributed by atoms with Crippen LogP contribution in [0.1, 0.15) is 10.5 Å². The Morgan fingerprint density at radius 2 is 1.61 bits per heavy atom. The number of hydrogen-bond acceptors (Lipinski definition) is 6. The Labute approximate surface area is 192 Å². The molecular formula is C25H24N6O2. The van der Waals surface area contributed by atoms with Crippen molar-refractivity contribution >= 4 is 11.7 Å². The molecule has 0 aliphatic carbocycles. The van der Waals surface area contributed by atoms with Crippen LogP contribution in [0.4, 0.5) is 5.82 Å². The van der Waals surface area contributed by atoms with Crippen molar-refractivity contribution in [2.45, 2.75) is 0 Å². The summed E-state index contributed by atoms with van der Waals surface area (Å²) in [5.74, 6) is 1.90. The summed E-state index contributed by atoms with van der Waals surface area (Å²) in [6, 6.07) is 21.5. The summed E-state index contributed by atoms with van der Waals surface area (Å²) < 4.78 is 7.12. The number of carbonyl (C=O) groups excluding carboxylic acids is 1. The van der Waals surface area contributed by atoms with Crippen molar-refractivity contribution in [3.8, 4) is 22.8 Å². The van der Waals surface area contributed by atoms with Crippen LogP contribution in [0.3, 0.4) is 0 Å². The minimum atomic E-state index is -0.131. The first-order valence-corrected chi connectivity index (χ1v) is 10.8. The van der Waals surface area contributed by atoms with Gasteiger partial charge in [0.1, 0.15) is 5.82 Å². The molecule has 1 aliphatic rings. The molecule has 0 saturated carbocycles. The third-order valence-electron chi connectivity index (χ3n) is 5.69. The maximum Gasteiger partial charge on any atom is 0.278 e. The van der Waals surface area contributed by atoms with Gasteiger partial charge in [0.05, 0.1) is 19.0 Å². The maximum atomic E-state index is 13.2. The van der Waals surface area contributed by atoms with Gasteiger partial charge in [0, 0.05) is 37.9 Å². The zero-order valence-corrected chi connectivity index (χ0v) is 18.3. The van der Waals surface area contributed by atoms with E-state index in [2.05, 4.69) is 15.0 Å².